The van der Waals surface area contributed by atoms with Crippen LogP contribution in [0.4, 0.5) is 0 Å². The highest BCUT2D eigenvalue weighted by molar-refractivity contribution is 9.11. The summed E-state index contributed by atoms with van der Waals surface area (Å²) in [5.41, 5.74) is 3.09. The van der Waals surface area contributed by atoms with Crippen molar-refractivity contribution in [3.8, 4) is 0 Å². The van der Waals surface area contributed by atoms with E-state index in [1.807, 2.05) is 38.1 Å². The lowest BCUT2D eigenvalue weighted by Gasteiger charge is -2.16. The quantitative estimate of drug-likeness (QED) is 0.813. The monoisotopic (exact) mass is 373 g/mol. The highest BCUT2D eigenvalue weighted by atomic mass is 79.9. The molecule has 0 aliphatic carbocycles. The standard InChI is InChI=1S/C14H16BrNO2S2/c1-10-4-6-12(7-5-10)9-16(3)20(17,18)13-8-11(2)14(15)19-13/h4-8H,9H2,1-3H3. The molecule has 0 radical (unpaired) electrons. The van der Waals surface area contributed by atoms with Crippen LogP contribution in [0.2, 0.25) is 0 Å². The summed E-state index contributed by atoms with van der Waals surface area (Å²) in [7, 11) is -1.82. The predicted octanol–water partition coefficient (Wildman–Crippen LogP) is 3.95. The summed E-state index contributed by atoms with van der Waals surface area (Å²) in [5.74, 6) is 0. The van der Waals surface area contributed by atoms with E-state index < -0.39 is 10.0 Å². The van der Waals surface area contributed by atoms with E-state index in [0.717, 1.165) is 20.5 Å². The molecule has 0 aliphatic heterocycles. The van der Waals surface area contributed by atoms with Gasteiger partial charge in [-0.3, -0.25) is 0 Å². The Morgan fingerprint density at radius 2 is 1.80 bits per heavy atom. The molecule has 1 aromatic heterocycles. The molecule has 0 unspecified atom stereocenters. The fourth-order valence-electron chi connectivity index (χ4n) is 1.75. The zero-order valence-corrected chi connectivity index (χ0v) is 14.8. The first-order valence-electron chi connectivity index (χ1n) is 6.08. The Morgan fingerprint density at radius 1 is 1.20 bits per heavy atom. The zero-order chi connectivity index (χ0) is 14.9. The molecule has 3 nitrogen and oxygen atoms in total. The van der Waals surface area contributed by atoms with Gasteiger partial charge in [-0.05, 0) is 47.0 Å². The van der Waals surface area contributed by atoms with Crippen LogP contribution >= 0.6 is 27.3 Å². The third-order valence-corrected chi connectivity index (χ3v) is 7.41. The smallest absolute Gasteiger partial charge is 0.206 e. The van der Waals surface area contributed by atoms with Crippen LogP contribution in [-0.4, -0.2) is 19.8 Å². The summed E-state index contributed by atoms with van der Waals surface area (Å²) in [6.45, 7) is 4.27. The molecule has 1 heterocycles. The van der Waals surface area contributed by atoms with Crippen LogP contribution in [0.1, 0.15) is 16.7 Å². The van der Waals surface area contributed by atoms with Gasteiger partial charge in [-0.15, -0.1) is 11.3 Å². The Bertz CT molecular complexity index is 686. The van der Waals surface area contributed by atoms with Crippen LogP contribution in [0, 0.1) is 13.8 Å². The third-order valence-electron chi connectivity index (χ3n) is 3.02. The maximum atomic E-state index is 12.5. The van der Waals surface area contributed by atoms with Gasteiger partial charge in [0.05, 0.1) is 3.79 Å². The number of aryl methyl sites for hydroxylation is 2. The molecule has 1 aromatic carbocycles. The fourth-order valence-corrected chi connectivity index (χ4v) is 5.34. The number of hydrogen-bond donors (Lipinski definition) is 0. The first-order valence-corrected chi connectivity index (χ1v) is 9.13. The van der Waals surface area contributed by atoms with E-state index in [-0.39, 0.29) is 0 Å². The van der Waals surface area contributed by atoms with E-state index in [0.29, 0.717) is 10.8 Å². The normalized spacial score (nSPS) is 12.1. The van der Waals surface area contributed by atoms with Crippen LogP contribution in [0.3, 0.4) is 0 Å². The van der Waals surface area contributed by atoms with Gasteiger partial charge < -0.3 is 0 Å². The summed E-state index contributed by atoms with van der Waals surface area (Å²) >= 11 is 4.62. The Kier molecular flexibility index (Phi) is 4.69. The molecule has 108 valence electrons. The van der Waals surface area contributed by atoms with E-state index in [1.54, 1.807) is 13.1 Å². The van der Waals surface area contributed by atoms with Crippen molar-refractivity contribution in [2.24, 2.45) is 0 Å². The van der Waals surface area contributed by atoms with Crippen molar-refractivity contribution in [3.63, 3.8) is 0 Å². The van der Waals surface area contributed by atoms with Crippen LogP contribution in [0.5, 0.6) is 0 Å². The second kappa shape index (κ2) is 5.97. The number of rotatable bonds is 4. The van der Waals surface area contributed by atoms with Crippen molar-refractivity contribution in [2.75, 3.05) is 7.05 Å². The number of nitrogens with zero attached hydrogens (tertiary/aromatic N) is 1. The number of benzene rings is 1. The Morgan fingerprint density at radius 3 is 2.30 bits per heavy atom. The molecule has 0 N–H and O–H groups in total. The van der Waals surface area contributed by atoms with Crippen LogP contribution < -0.4 is 0 Å². The molecular weight excluding hydrogens is 358 g/mol. The fraction of sp³-hybridized carbons (Fsp3) is 0.286. The molecule has 0 amide bonds. The van der Waals surface area contributed by atoms with Gasteiger partial charge >= 0.3 is 0 Å². The summed E-state index contributed by atoms with van der Waals surface area (Å²) in [6, 6.07) is 9.59. The van der Waals surface area contributed by atoms with Gasteiger partial charge in [0.2, 0.25) is 0 Å². The second-order valence-electron chi connectivity index (χ2n) is 4.77. The largest absolute Gasteiger partial charge is 0.252 e. The Balaban J connectivity index is 2.23. The summed E-state index contributed by atoms with van der Waals surface area (Å²) in [6.07, 6.45) is 0. The zero-order valence-electron chi connectivity index (χ0n) is 11.6. The van der Waals surface area contributed by atoms with E-state index in [4.69, 9.17) is 0 Å². The first kappa shape index (κ1) is 15.7. The molecule has 0 aliphatic rings. The Hall–Kier alpha value is -0.690. The molecule has 20 heavy (non-hydrogen) atoms. The van der Waals surface area contributed by atoms with Crippen molar-refractivity contribution in [3.05, 3.63) is 50.8 Å². The average molecular weight is 374 g/mol. The lowest BCUT2D eigenvalue weighted by atomic mass is 10.1. The maximum absolute atomic E-state index is 12.5. The molecule has 0 atom stereocenters. The van der Waals surface area contributed by atoms with Gasteiger partial charge in [0.15, 0.2) is 0 Å². The minimum Gasteiger partial charge on any atom is -0.206 e. The summed E-state index contributed by atoms with van der Waals surface area (Å²) in [5, 5.41) is 0. The molecule has 2 rings (SSSR count). The maximum Gasteiger partial charge on any atom is 0.252 e. The van der Waals surface area contributed by atoms with Crippen molar-refractivity contribution < 1.29 is 8.42 Å². The molecule has 2 aromatic rings. The number of halogens is 1. The van der Waals surface area contributed by atoms with Gasteiger partial charge in [0, 0.05) is 13.6 Å². The second-order valence-corrected chi connectivity index (χ2v) is 9.41. The minimum absolute atomic E-state index is 0.372. The van der Waals surface area contributed by atoms with E-state index in [2.05, 4.69) is 15.9 Å². The van der Waals surface area contributed by atoms with Crippen molar-refractivity contribution in [2.45, 2.75) is 24.6 Å². The third kappa shape index (κ3) is 3.31. The van der Waals surface area contributed by atoms with Crippen LogP contribution in [-0.2, 0) is 16.6 Å². The number of hydrogen-bond acceptors (Lipinski definition) is 3. The molecule has 0 bridgehead atoms. The molecule has 6 heteroatoms. The van der Waals surface area contributed by atoms with Gasteiger partial charge in [0.25, 0.3) is 10.0 Å². The van der Waals surface area contributed by atoms with Crippen molar-refractivity contribution >= 4 is 37.3 Å². The molecule has 0 fully saturated rings. The van der Waals surface area contributed by atoms with E-state index in [9.17, 15) is 8.42 Å². The summed E-state index contributed by atoms with van der Waals surface area (Å²) < 4.78 is 27.6. The van der Waals surface area contributed by atoms with E-state index >= 15 is 0 Å². The van der Waals surface area contributed by atoms with Crippen molar-refractivity contribution in [1.82, 2.24) is 4.31 Å². The first-order chi connectivity index (χ1) is 9.30. The van der Waals surface area contributed by atoms with Crippen molar-refractivity contribution in [1.29, 1.82) is 0 Å². The SMILES string of the molecule is Cc1ccc(CN(C)S(=O)(=O)c2cc(C)c(Br)s2)cc1. The topological polar surface area (TPSA) is 37.4 Å². The van der Waals surface area contributed by atoms with Gasteiger partial charge in [0.1, 0.15) is 4.21 Å². The molecule has 0 saturated carbocycles. The molecular formula is C14H16BrNO2S2. The van der Waals surface area contributed by atoms with E-state index in [1.165, 1.54) is 15.6 Å². The number of thiophene rings is 1. The highest BCUT2D eigenvalue weighted by Gasteiger charge is 2.23. The molecule has 0 spiro atoms. The average Bonchev–Trinajstić information content (AvgIpc) is 2.73. The summed E-state index contributed by atoms with van der Waals surface area (Å²) in [4.78, 5) is 0. The highest BCUT2D eigenvalue weighted by Crippen LogP contribution is 2.32. The van der Waals surface area contributed by atoms with Crippen LogP contribution in [0.15, 0.2) is 38.3 Å². The molecule has 0 saturated heterocycles. The number of sulfonamides is 1. The predicted molar refractivity (Wildman–Crippen MR) is 86.6 cm³/mol. The Labute approximate surface area is 132 Å². The van der Waals surface area contributed by atoms with Gasteiger partial charge in [-0.25, -0.2) is 8.42 Å². The van der Waals surface area contributed by atoms with Gasteiger partial charge in [-0.2, -0.15) is 4.31 Å². The lowest BCUT2D eigenvalue weighted by molar-refractivity contribution is 0.468. The van der Waals surface area contributed by atoms with Gasteiger partial charge in [-0.1, -0.05) is 29.8 Å². The van der Waals surface area contributed by atoms with Crippen LogP contribution in [0.25, 0.3) is 0 Å². The lowest BCUT2D eigenvalue weighted by Crippen LogP contribution is -2.25. The minimum atomic E-state index is -3.43.